The zero-order chi connectivity index (χ0) is 21.7. The molecule has 8 nitrogen and oxygen atoms in total. The summed E-state index contributed by atoms with van der Waals surface area (Å²) in [5.74, 6) is -2.13. The van der Waals surface area contributed by atoms with Crippen LogP contribution in [0.4, 0.5) is 0 Å². The summed E-state index contributed by atoms with van der Waals surface area (Å²) in [6.45, 7) is 1.88. The topological polar surface area (TPSA) is 96.7 Å². The number of para-hydroxylation sites is 1. The van der Waals surface area contributed by atoms with Crippen LogP contribution in [0.25, 0.3) is 16.9 Å². The molecule has 0 bridgehead atoms. The third-order valence-corrected chi connectivity index (χ3v) is 4.33. The molecular weight excluding hydrogens is 388 g/mol. The molecule has 0 saturated heterocycles. The molecule has 2 aromatic carbocycles. The monoisotopic (exact) mass is 408 g/mol. The lowest BCUT2D eigenvalue weighted by molar-refractivity contribution is 0.0525. The molecule has 0 unspecified atom stereocenters. The fourth-order valence-corrected chi connectivity index (χ4v) is 3.02. The number of methoxy groups -OCH3 is 2. The van der Waals surface area contributed by atoms with E-state index in [1.165, 1.54) is 18.9 Å². The van der Waals surface area contributed by atoms with Crippen LogP contribution in [0.5, 0.6) is 0 Å². The molecule has 0 spiro atoms. The molecule has 0 atom stereocenters. The van der Waals surface area contributed by atoms with E-state index in [-0.39, 0.29) is 29.1 Å². The Hall–Kier alpha value is -3.94. The molecule has 154 valence electrons. The van der Waals surface area contributed by atoms with Gasteiger partial charge in [-0.2, -0.15) is 5.10 Å². The van der Waals surface area contributed by atoms with E-state index in [9.17, 15) is 14.4 Å². The van der Waals surface area contributed by atoms with Crippen molar-refractivity contribution in [2.45, 2.75) is 6.92 Å². The third-order valence-electron chi connectivity index (χ3n) is 4.33. The first-order valence-electron chi connectivity index (χ1n) is 9.15. The van der Waals surface area contributed by atoms with Gasteiger partial charge in [0.1, 0.15) is 11.3 Å². The van der Waals surface area contributed by atoms with E-state index in [1.54, 1.807) is 55.5 Å². The first-order valence-corrected chi connectivity index (χ1v) is 9.15. The minimum absolute atomic E-state index is 0.106. The number of carbonyl (C=O) groups excluding carboxylic acids is 3. The molecule has 0 saturated carbocycles. The molecule has 0 N–H and O–H groups in total. The zero-order valence-electron chi connectivity index (χ0n) is 16.7. The molecule has 1 heterocycles. The molecule has 30 heavy (non-hydrogen) atoms. The number of rotatable bonds is 6. The Morgan fingerprint density at radius 2 is 1.50 bits per heavy atom. The number of hydrogen-bond acceptors (Lipinski definition) is 7. The van der Waals surface area contributed by atoms with E-state index in [2.05, 4.69) is 5.10 Å². The smallest absolute Gasteiger partial charge is 0.357 e. The summed E-state index contributed by atoms with van der Waals surface area (Å²) in [4.78, 5) is 37.8. The van der Waals surface area contributed by atoms with Gasteiger partial charge in [-0.25, -0.2) is 19.1 Å². The summed E-state index contributed by atoms with van der Waals surface area (Å²) in [6, 6.07) is 15.3. The Morgan fingerprint density at radius 1 is 0.867 bits per heavy atom. The summed E-state index contributed by atoms with van der Waals surface area (Å²) < 4.78 is 16.2. The van der Waals surface area contributed by atoms with Crippen molar-refractivity contribution in [1.82, 2.24) is 9.78 Å². The Labute approximate surface area is 173 Å². The SMILES string of the molecule is CCOC(=O)c1ccccc1-c1nn(-c2ccccc2)c(C(=O)OC)c1C(=O)OC. The molecule has 0 aliphatic heterocycles. The molecule has 0 aliphatic rings. The minimum atomic E-state index is -0.786. The lowest BCUT2D eigenvalue weighted by Gasteiger charge is -2.08. The molecule has 3 aromatic rings. The number of aromatic nitrogens is 2. The highest BCUT2D eigenvalue weighted by Crippen LogP contribution is 2.31. The molecule has 8 heteroatoms. The van der Waals surface area contributed by atoms with Gasteiger partial charge in [0.05, 0.1) is 32.1 Å². The van der Waals surface area contributed by atoms with Gasteiger partial charge in [0.15, 0.2) is 5.69 Å². The van der Waals surface area contributed by atoms with Gasteiger partial charge in [-0.15, -0.1) is 0 Å². The van der Waals surface area contributed by atoms with Gasteiger partial charge in [-0.1, -0.05) is 36.4 Å². The maximum Gasteiger partial charge on any atom is 0.357 e. The van der Waals surface area contributed by atoms with Gasteiger partial charge in [0.2, 0.25) is 0 Å². The van der Waals surface area contributed by atoms with Crippen molar-refractivity contribution in [3.8, 4) is 16.9 Å². The average Bonchev–Trinajstić information content (AvgIpc) is 3.19. The quantitative estimate of drug-likeness (QED) is 0.456. The van der Waals surface area contributed by atoms with Crippen LogP contribution in [0, 0.1) is 0 Å². The van der Waals surface area contributed by atoms with Crippen LogP contribution >= 0.6 is 0 Å². The van der Waals surface area contributed by atoms with Crippen LogP contribution in [0.1, 0.15) is 38.1 Å². The highest BCUT2D eigenvalue weighted by atomic mass is 16.5. The summed E-state index contributed by atoms with van der Waals surface area (Å²) >= 11 is 0. The molecule has 3 rings (SSSR count). The van der Waals surface area contributed by atoms with Crippen LogP contribution in [0.15, 0.2) is 54.6 Å². The Kier molecular flexibility index (Phi) is 6.26. The number of esters is 3. The Bertz CT molecular complexity index is 1090. The third kappa shape index (κ3) is 3.80. The van der Waals surface area contributed by atoms with Gasteiger partial charge >= 0.3 is 17.9 Å². The van der Waals surface area contributed by atoms with E-state index in [0.29, 0.717) is 11.3 Å². The van der Waals surface area contributed by atoms with Crippen molar-refractivity contribution in [2.75, 3.05) is 20.8 Å². The van der Waals surface area contributed by atoms with Gasteiger partial charge in [0, 0.05) is 5.56 Å². The van der Waals surface area contributed by atoms with Crippen LogP contribution in [0.3, 0.4) is 0 Å². The summed E-state index contributed by atoms with van der Waals surface area (Å²) in [6.07, 6.45) is 0. The second-order valence-corrected chi connectivity index (χ2v) is 6.07. The number of ether oxygens (including phenoxy) is 3. The van der Waals surface area contributed by atoms with Gasteiger partial charge in [-0.3, -0.25) is 0 Å². The van der Waals surface area contributed by atoms with Crippen molar-refractivity contribution in [1.29, 1.82) is 0 Å². The van der Waals surface area contributed by atoms with Crippen LogP contribution in [-0.2, 0) is 14.2 Å². The van der Waals surface area contributed by atoms with Crippen LogP contribution in [0.2, 0.25) is 0 Å². The molecule has 0 aliphatic carbocycles. The summed E-state index contributed by atoms with van der Waals surface area (Å²) in [7, 11) is 2.41. The van der Waals surface area contributed by atoms with E-state index >= 15 is 0 Å². The maximum absolute atomic E-state index is 12.7. The molecular formula is C22H20N2O6. The van der Waals surface area contributed by atoms with Crippen molar-refractivity contribution < 1.29 is 28.6 Å². The number of carbonyl (C=O) groups is 3. The second-order valence-electron chi connectivity index (χ2n) is 6.07. The predicted octanol–water partition coefficient (Wildman–Crippen LogP) is 3.29. The lowest BCUT2D eigenvalue weighted by atomic mass is 10.00. The average molecular weight is 408 g/mol. The lowest BCUT2D eigenvalue weighted by Crippen LogP contribution is -2.15. The number of benzene rings is 2. The zero-order valence-corrected chi connectivity index (χ0v) is 16.7. The number of nitrogens with zero attached hydrogens (tertiary/aromatic N) is 2. The first-order chi connectivity index (χ1) is 14.5. The minimum Gasteiger partial charge on any atom is -0.465 e. The first kappa shape index (κ1) is 20.8. The summed E-state index contributed by atoms with van der Waals surface area (Å²) in [5.41, 5.74) is 0.960. The number of hydrogen-bond donors (Lipinski definition) is 0. The second kappa shape index (κ2) is 9.04. The maximum atomic E-state index is 12.7. The molecule has 0 amide bonds. The molecule has 0 radical (unpaired) electrons. The van der Waals surface area contributed by atoms with E-state index in [4.69, 9.17) is 14.2 Å². The van der Waals surface area contributed by atoms with E-state index in [0.717, 1.165) is 0 Å². The molecule has 0 fully saturated rings. The Balaban J connectivity index is 2.36. The highest BCUT2D eigenvalue weighted by Gasteiger charge is 2.32. The van der Waals surface area contributed by atoms with Gasteiger partial charge in [-0.05, 0) is 25.1 Å². The normalized spacial score (nSPS) is 10.4. The van der Waals surface area contributed by atoms with Crippen molar-refractivity contribution in [2.24, 2.45) is 0 Å². The van der Waals surface area contributed by atoms with Gasteiger partial charge < -0.3 is 14.2 Å². The van der Waals surface area contributed by atoms with Crippen LogP contribution < -0.4 is 0 Å². The van der Waals surface area contributed by atoms with E-state index in [1.807, 2.05) is 6.07 Å². The highest BCUT2D eigenvalue weighted by molar-refractivity contribution is 6.08. The fourth-order valence-electron chi connectivity index (χ4n) is 3.02. The van der Waals surface area contributed by atoms with Gasteiger partial charge in [0.25, 0.3) is 0 Å². The Morgan fingerprint density at radius 3 is 2.13 bits per heavy atom. The fraction of sp³-hybridized carbons (Fsp3) is 0.182. The van der Waals surface area contributed by atoms with Crippen molar-refractivity contribution >= 4 is 17.9 Å². The van der Waals surface area contributed by atoms with Crippen LogP contribution in [-0.4, -0.2) is 48.5 Å². The van der Waals surface area contributed by atoms with Crippen molar-refractivity contribution in [3.63, 3.8) is 0 Å². The van der Waals surface area contributed by atoms with Crippen molar-refractivity contribution in [3.05, 3.63) is 71.4 Å². The standard InChI is InChI=1S/C22H20N2O6/c1-4-30-20(25)16-13-9-8-12-15(16)18-17(21(26)28-2)19(22(27)29-3)24(23-18)14-10-6-5-7-11-14/h5-13H,4H2,1-3H3. The largest absolute Gasteiger partial charge is 0.465 e. The summed E-state index contributed by atoms with van der Waals surface area (Å²) in [5, 5.41) is 4.50. The molecule has 1 aromatic heterocycles. The predicted molar refractivity (Wildman–Crippen MR) is 108 cm³/mol. The van der Waals surface area contributed by atoms with E-state index < -0.39 is 17.9 Å².